The van der Waals surface area contributed by atoms with E-state index >= 15 is 0 Å². The molecule has 21 heavy (non-hydrogen) atoms. The van der Waals surface area contributed by atoms with Gasteiger partial charge in [-0.25, -0.2) is 13.1 Å². The van der Waals surface area contributed by atoms with Crippen LogP contribution in [0.5, 0.6) is 0 Å². The van der Waals surface area contributed by atoms with Crippen LogP contribution in [0.15, 0.2) is 30.7 Å². The Labute approximate surface area is 149 Å². The summed E-state index contributed by atoms with van der Waals surface area (Å²) >= 11 is 9.77. The lowest BCUT2D eigenvalue weighted by atomic mass is 10.3. The van der Waals surface area contributed by atoms with Gasteiger partial charge in [0.15, 0.2) is 0 Å². The monoisotopic (exact) mass is 472 g/mol. The summed E-state index contributed by atoms with van der Waals surface area (Å²) in [5.74, 6) is 0. The highest BCUT2D eigenvalue weighted by molar-refractivity contribution is 9.11. The molecule has 2 N–H and O–H groups in total. The number of nitrogens with one attached hydrogen (secondary N) is 2. The van der Waals surface area contributed by atoms with Crippen molar-refractivity contribution in [3.8, 4) is 0 Å². The van der Waals surface area contributed by atoms with Crippen LogP contribution in [-0.4, -0.2) is 22.0 Å². The maximum atomic E-state index is 12.3. The number of hydrogen-bond donors (Lipinski definition) is 2. The Morgan fingerprint density at radius 2 is 1.95 bits per heavy atom. The molecule has 0 aliphatic rings. The molecule has 0 fully saturated rings. The summed E-state index contributed by atoms with van der Waals surface area (Å²) in [5, 5.41) is 3.01. The van der Waals surface area contributed by atoms with Crippen LogP contribution in [0.25, 0.3) is 0 Å². The van der Waals surface area contributed by atoms with Gasteiger partial charge in [0.25, 0.3) is 0 Å². The second kappa shape index (κ2) is 7.67. The number of thiophene rings is 2. The minimum absolute atomic E-state index is 0.310. The van der Waals surface area contributed by atoms with Crippen molar-refractivity contribution in [2.24, 2.45) is 0 Å². The van der Waals surface area contributed by atoms with Gasteiger partial charge in [-0.2, -0.15) is 0 Å². The molecule has 0 saturated heterocycles. The first-order valence-corrected chi connectivity index (χ1v) is 10.8. The van der Waals surface area contributed by atoms with Gasteiger partial charge in [-0.1, -0.05) is 0 Å². The van der Waals surface area contributed by atoms with Crippen molar-refractivity contribution in [2.45, 2.75) is 17.9 Å². The molecular formula is C12H14Br2N2O2S3. The van der Waals surface area contributed by atoms with Crippen LogP contribution in [0.2, 0.25) is 0 Å². The number of halogens is 2. The zero-order valence-electron chi connectivity index (χ0n) is 11.2. The summed E-state index contributed by atoms with van der Waals surface area (Å²) in [6, 6.07) is 5.66. The second-order valence-electron chi connectivity index (χ2n) is 4.23. The lowest BCUT2D eigenvalue weighted by Gasteiger charge is -2.04. The van der Waals surface area contributed by atoms with E-state index in [0.717, 1.165) is 13.5 Å². The molecule has 116 valence electrons. The van der Waals surface area contributed by atoms with E-state index in [9.17, 15) is 8.42 Å². The number of sulfonamides is 1. The Kier molecular flexibility index (Phi) is 6.42. The molecule has 0 saturated carbocycles. The third-order valence-corrected chi connectivity index (χ3v) is 8.04. The molecule has 0 aliphatic heterocycles. The van der Waals surface area contributed by atoms with Gasteiger partial charge in [0.2, 0.25) is 10.0 Å². The Morgan fingerprint density at radius 1 is 1.19 bits per heavy atom. The number of hydrogen-bond acceptors (Lipinski definition) is 5. The van der Waals surface area contributed by atoms with Crippen LogP contribution in [-0.2, 0) is 23.0 Å². The summed E-state index contributed by atoms with van der Waals surface area (Å²) in [5.41, 5.74) is 0. The van der Waals surface area contributed by atoms with Gasteiger partial charge >= 0.3 is 0 Å². The lowest BCUT2D eigenvalue weighted by Crippen LogP contribution is -2.25. The van der Waals surface area contributed by atoms with Gasteiger partial charge in [0.1, 0.15) is 4.90 Å². The molecule has 0 radical (unpaired) electrons. The van der Waals surface area contributed by atoms with Gasteiger partial charge < -0.3 is 5.32 Å². The molecule has 2 rings (SSSR count). The fraction of sp³-hybridized carbons (Fsp3) is 0.333. The zero-order chi connectivity index (χ0) is 15.5. The molecule has 0 amide bonds. The van der Waals surface area contributed by atoms with Crippen LogP contribution < -0.4 is 10.0 Å². The lowest BCUT2D eigenvalue weighted by molar-refractivity contribution is 0.581. The second-order valence-corrected chi connectivity index (χ2v) is 11.0. The predicted octanol–water partition coefficient (Wildman–Crippen LogP) is 3.58. The Hall–Kier alpha value is 0.230. The molecule has 0 spiro atoms. The van der Waals surface area contributed by atoms with Gasteiger partial charge in [-0.05, 0) is 63.5 Å². The average molecular weight is 474 g/mol. The summed E-state index contributed by atoms with van der Waals surface area (Å²) in [4.78, 5) is 2.43. The summed E-state index contributed by atoms with van der Waals surface area (Å²) in [6.07, 6.45) is 0.681. The minimum Gasteiger partial charge on any atom is -0.315 e. The molecule has 0 unspecified atom stereocenters. The standard InChI is InChI=1S/C12H14Br2N2O2S3/c1-15-7-9-6-10(12(14)20-9)21(17,18)16-5-4-8-2-3-11(13)19-8/h2-3,6,15-16H,4-5,7H2,1H3. The fourth-order valence-electron chi connectivity index (χ4n) is 1.71. The molecule has 4 nitrogen and oxygen atoms in total. The normalized spacial score (nSPS) is 12.0. The van der Waals surface area contributed by atoms with Crippen LogP contribution in [0.4, 0.5) is 0 Å². The van der Waals surface area contributed by atoms with E-state index in [1.54, 1.807) is 17.4 Å². The smallest absolute Gasteiger partial charge is 0.242 e. The third kappa shape index (κ3) is 4.85. The molecule has 0 aliphatic carbocycles. The highest BCUT2D eigenvalue weighted by Crippen LogP contribution is 2.31. The summed E-state index contributed by atoms with van der Waals surface area (Å²) in [6.45, 7) is 1.04. The van der Waals surface area contributed by atoms with Crippen LogP contribution in [0, 0.1) is 0 Å². The molecule has 0 atom stereocenters. The van der Waals surface area contributed by atoms with E-state index in [1.165, 1.54) is 11.3 Å². The highest BCUT2D eigenvalue weighted by Gasteiger charge is 2.20. The molecule has 2 aromatic rings. The minimum atomic E-state index is -3.47. The van der Waals surface area contributed by atoms with Crippen molar-refractivity contribution in [2.75, 3.05) is 13.6 Å². The van der Waals surface area contributed by atoms with Crippen molar-refractivity contribution >= 4 is 64.6 Å². The van der Waals surface area contributed by atoms with Crippen molar-refractivity contribution in [1.29, 1.82) is 0 Å². The molecular weight excluding hydrogens is 460 g/mol. The van der Waals surface area contributed by atoms with Crippen molar-refractivity contribution in [1.82, 2.24) is 10.0 Å². The van der Waals surface area contributed by atoms with E-state index in [-0.39, 0.29) is 0 Å². The van der Waals surface area contributed by atoms with Crippen molar-refractivity contribution in [3.05, 3.63) is 35.5 Å². The molecule has 2 aromatic heterocycles. The van der Waals surface area contributed by atoms with E-state index < -0.39 is 10.0 Å². The van der Waals surface area contributed by atoms with E-state index in [0.29, 0.717) is 28.2 Å². The largest absolute Gasteiger partial charge is 0.315 e. The SMILES string of the molecule is CNCc1cc(S(=O)(=O)NCCc2ccc(Br)s2)c(Br)s1. The molecule has 2 heterocycles. The van der Waals surface area contributed by atoms with E-state index in [4.69, 9.17) is 0 Å². The topological polar surface area (TPSA) is 58.2 Å². The highest BCUT2D eigenvalue weighted by atomic mass is 79.9. The zero-order valence-corrected chi connectivity index (χ0v) is 16.8. The maximum absolute atomic E-state index is 12.3. The predicted molar refractivity (Wildman–Crippen MR) is 95.7 cm³/mol. The van der Waals surface area contributed by atoms with Crippen LogP contribution in [0.1, 0.15) is 9.75 Å². The maximum Gasteiger partial charge on any atom is 0.242 e. The van der Waals surface area contributed by atoms with Crippen LogP contribution in [0.3, 0.4) is 0 Å². The quantitative estimate of drug-likeness (QED) is 0.646. The summed E-state index contributed by atoms with van der Waals surface area (Å²) < 4.78 is 29.0. The fourth-order valence-corrected chi connectivity index (χ4v) is 6.92. The van der Waals surface area contributed by atoms with Gasteiger partial charge in [0.05, 0.1) is 7.57 Å². The Bertz CT molecular complexity index is 710. The first kappa shape index (κ1) is 17.6. The summed E-state index contributed by atoms with van der Waals surface area (Å²) in [7, 11) is -1.64. The molecule has 0 aromatic carbocycles. The van der Waals surface area contributed by atoms with Gasteiger partial charge in [-0.3, -0.25) is 0 Å². The van der Waals surface area contributed by atoms with Crippen LogP contribution >= 0.6 is 54.5 Å². The Morgan fingerprint density at radius 3 is 2.57 bits per heavy atom. The van der Waals surface area contributed by atoms with Crippen molar-refractivity contribution in [3.63, 3.8) is 0 Å². The average Bonchev–Trinajstić information content (AvgIpc) is 2.96. The van der Waals surface area contributed by atoms with E-state index in [2.05, 4.69) is 41.9 Å². The third-order valence-electron chi connectivity index (χ3n) is 2.64. The molecule has 9 heteroatoms. The number of rotatable bonds is 7. The molecule has 0 bridgehead atoms. The first-order chi connectivity index (χ1) is 9.92. The van der Waals surface area contributed by atoms with Gasteiger partial charge in [-0.15, -0.1) is 22.7 Å². The van der Waals surface area contributed by atoms with E-state index in [1.807, 2.05) is 19.2 Å². The Balaban J connectivity index is 2.01. The first-order valence-electron chi connectivity index (χ1n) is 6.09. The van der Waals surface area contributed by atoms with Gasteiger partial charge in [0, 0.05) is 22.8 Å². The van der Waals surface area contributed by atoms with Crippen molar-refractivity contribution < 1.29 is 8.42 Å².